The molecule has 1 rings (SSSR count). The molecule has 1 unspecified atom stereocenters. The van der Waals surface area contributed by atoms with Crippen LogP contribution >= 0.6 is 0 Å². The van der Waals surface area contributed by atoms with Crippen LogP contribution in [0.5, 0.6) is 0 Å². The second-order valence-electron chi connectivity index (χ2n) is 2.48. The molecule has 1 radical (unpaired) electrons. The van der Waals surface area contributed by atoms with Crippen molar-refractivity contribution in [1.29, 1.82) is 0 Å². The van der Waals surface area contributed by atoms with Gasteiger partial charge >= 0.3 is 0 Å². The highest BCUT2D eigenvalue weighted by Gasteiger charge is 2.01. The Labute approximate surface area is 72.2 Å². The standard InChI is InChI=1S/C10H12FO/c1-2-10(11)12-8-9-6-4-3-5-7-9/h2-7,10H,8H2,1H3. The van der Waals surface area contributed by atoms with Gasteiger partial charge in [0.15, 0.2) is 0 Å². The van der Waals surface area contributed by atoms with Crippen LogP contribution in [0.4, 0.5) is 4.39 Å². The third-order valence-corrected chi connectivity index (χ3v) is 1.51. The average molecular weight is 167 g/mol. The summed E-state index contributed by atoms with van der Waals surface area (Å²) in [4.78, 5) is 0. The molecule has 0 N–H and O–H groups in total. The van der Waals surface area contributed by atoms with Crippen LogP contribution in [0.1, 0.15) is 12.5 Å². The highest BCUT2D eigenvalue weighted by molar-refractivity contribution is 5.13. The molecule has 2 heteroatoms. The van der Waals surface area contributed by atoms with Crippen LogP contribution in [-0.2, 0) is 11.3 Å². The molecule has 0 aromatic heterocycles. The number of ether oxygens (including phenoxy) is 1. The van der Waals surface area contributed by atoms with E-state index >= 15 is 0 Å². The third-order valence-electron chi connectivity index (χ3n) is 1.51. The zero-order chi connectivity index (χ0) is 8.81. The van der Waals surface area contributed by atoms with Gasteiger partial charge in [0.25, 0.3) is 0 Å². The lowest BCUT2D eigenvalue weighted by atomic mass is 10.2. The second kappa shape index (κ2) is 4.88. The minimum atomic E-state index is -1.26. The van der Waals surface area contributed by atoms with Gasteiger partial charge in [-0.05, 0) is 5.56 Å². The van der Waals surface area contributed by atoms with Crippen molar-refractivity contribution in [3.05, 3.63) is 42.3 Å². The van der Waals surface area contributed by atoms with Gasteiger partial charge in [0.05, 0.1) is 6.61 Å². The van der Waals surface area contributed by atoms with E-state index in [2.05, 4.69) is 0 Å². The van der Waals surface area contributed by atoms with E-state index in [-0.39, 0.29) is 0 Å². The molecule has 0 aliphatic heterocycles. The second-order valence-corrected chi connectivity index (χ2v) is 2.48. The van der Waals surface area contributed by atoms with E-state index in [1.807, 2.05) is 30.3 Å². The van der Waals surface area contributed by atoms with E-state index in [9.17, 15) is 4.39 Å². The molecule has 0 fully saturated rings. The van der Waals surface area contributed by atoms with E-state index < -0.39 is 6.36 Å². The lowest BCUT2D eigenvalue weighted by molar-refractivity contribution is -0.0250. The van der Waals surface area contributed by atoms with Crippen molar-refractivity contribution in [3.8, 4) is 0 Å². The Morgan fingerprint density at radius 2 is 2.08 bits per heavy atom. The van der Waals surface area contributed by atoms with Gasteiger partial charge in [0, 0.05) is 6.42 Å². The number of halogens is 1. The molecular formula is C10H12FO. The predicted molar refractivity (Wildman–Crippen MR) is 46.1 cm³/mol. The first-order valence-electron chi connectivity index (χ1n) is 3.92. The summed E-state index contributed by atoms with van der Waals surface area (Å²) < 4.78 is 17.4. The van der Waals surface area contributed by atoms with Gasteiger partial charge in [-0.25, -0.2) is 4.39 Å². The largest absolute Gasteiger partial charge is 0.343 e. The van der Waals surface area contributed by atoms with Crippen LogP contribution in [0.3, 0.4) is 0 Å². The first-order valence-corrected chi connectivity index (χ1v) is 3.92. The molecule has 0 heterocycles. The van der Waals surface area contributed by atoms with Crippen LogP contribution < -0.4 is 0 Å². The molecule has 0 amide bonds. The molecule has 1 nitrogen and oxygen atoms in total. The third kappa shape index (κ3) is 3.01. The summed E-state index contributed by atoms with van der Waals surface area (Å²) in [6.07, 6.45) is 0.119. The maximum Gasteiger partial charge on any atom is 0.202 e. The molecule has 0 bridgehead atoms. The molecule has 65 valence electrons. The average Bonchev–Trinajstić information content (AvgIpc) is 2.16. The summed E-state index contributed by atoms with van der Waals surface area (Å²) in [5.74, 6) is 0. The maximum atomic E-state index is 12.5. The van der Waals surface area contributed by atoms with Gasteiger partial charge in [0.1, 0.15) is 0 Å². The zero-order valence-electron chi connectivity index (χ0n) is 7.03. The molecule has 0 aliphatic carbocycles. The lowest BCUT2D eigenvalue weighted by Crippen LogP contribution is -2.04. The van der Waals surface area contributed by atoms with Crippen LogP contribution in [-0.4, -0.2) is 6.36 Å². The van der Waals surface area contributed by atoms with E-state index in [1.54, 1.807) is 6.92 Å². The number of rotatable bonds is 4. The van der Waals surface area contributed by atoms with Gasteiger partial charge in [-0.15, -0.1) is 0 Å². The number of benzene rings is 1. The normalized spacial score (nSPS) is 12.8. The van der Waals surface area contributed by atoms with Crippen LogP contribution in [0, 0.1) is 6.42 Å². The molecule has 0 spiro atoms. The van der Waals surface area contributed by atoms with E-state index in [4.69, 9.17) is 4.74 Å². The topological polar surface area (TPSA) is 9.23 Å². The fourth-order valence-electron chi connectivity index (χ4n) is 0.846. The Kier molecular flexibility index (Phi) is 3.74. The molecular weight excluding hydrogens is 155 g/mol. The Morgan fingerprint density at radius 1 is 1.42 bits per heavy atom. The van der Waals surface area contributed by atoms with E-state index in [1.165, 1.54) is 6.42 Å². The first-order chi connectivity index (χ1) is 5.83. The van der Waals surface area contributed by atoms with Crippen molar-refractivity contribution in [2.45, 2.75) is 19.9 Å². The molecule has 1 aromatic carbocycles. The van der Waals surface area contributed by atoms with Gasteiger partial charge in [-0.3, -0.25) is 0 Å². The van der Waals surface area contributed by atoms with Crippen molar-refractivity contribution < 1.29 is 9.13 Å². The van der Waals surface area contributed by atoms with Crippen molar-refractivity contribution >= 4 is 0 Å². The van der Waals surface area contributed by atoms with Crippen LogP contribution in [0.25, 0.3) is 0 Å². The molecule has 0 saturated carbocycles. The number of alkyl halides is 1. The summed E-state index contributed by atoms with van der Waals surface area (Å²) in [7, 11) is 0. The van der Waals surface area contributed by atoms with Crippen LogP contribution in [0.2, 0.25) is 0 Å². The van der Waals surface area contributed by atoms with E-state index in [0.717, 1.165) is 5.56 Å². The lowest BCUT2D eigenvalue weighted by Gasteiger charge is -2.06. The monoisotopic (exact) mass is 167 g/mol. The maximum absolute atomic E-state index is 12.5. The molecule has 1 atom stereocenters. The Morgan fingerprint density at radius 3 is 2.67 bits per heavy atom. The minimum Gasteiger partial charge on any atom is -0.343 e. The minimum absolute atomic E-state index is 0.326. The number of hydrogen-bond acceptors (Lipinski definition) is 1. The fraction of sp³-hybridized carbons (Fsp3) is 0.300. The molecule has 12 heavy (non-hydrogen) atoms. The fourth-order valence-corrected chi connectivity index (χ4v) is 0.846. The quantitative estimate of drug-likeness (QED) is 0.670. The SMILES string of the molecule is C[CH]C(F)OCc1ccccc1. The highest BCUT2D eigenvalue weighted by Crippen LogP contribution is 2.05. The summed E-state index contributed by atoms with van der Waals surface area (Å²) in [6, 6.07) is 9.54. The van der Waals surface area contributed by atoms with Crippen molar-refractivity contribution in [2.24, 2.45) is 0 Å². The Hall–Kier alpha value is -0.890. The number of hydrogen-bond donors (Lipinski definition) is 0. The summed E-state index contributed by atoms with van der Waals surface area (Å²) >= 11 is 0. The first kappa shape index (κ1) is 9.20. The van der Waals surface area contributed by atoms with Crippen LogP contribution in [0.15, 0.2) is 30.3 Å². The molecule has 0 saturated heterocycles. The summed E-state index contributed by atoms with van der Waals surface area (Å²) in [5, 5.41) is 0. The smallest absolute Gasteiger partial charge is 0.202 e. The Bertz CT molecular complexity index is 210. The zero-order valence-corrected chi connectivity index (χ0v) is 7.03. The predicted octanol–water partition coefficient (Wildman–Crippen LogP) is 2.72. The van der Waals surface area contributed by atoms with Crippen molar-refractivity contribution in [2.75, 3.05) is 0 Å². The van der Waals surface area contributed by atoms with Crippen molar-refractivity contribution in [3.63, 3.8) is 0 Å². The summed E-state index contributed by atoms with van der Waals surface area (Å²) in [6.45, 7) is 1.96. The Balaban J connectivity index is 2.33. The van der Waals surface area contributed by atoms with Gasteiger partial charge in [-0.2, -0.15) is 0 Å². The summed E-state index contributed by atoms with van der Waals surface area (Å²) in [5.41, 5.74) is 0.988. The molecule has 1 aromatic rings. The van der Waals surface area contributed by atoms with Gasteiger partial charge < -0.3 is 4.74 Å². The van der Waals surface area contributed by atoms with Gasteiger partial charge in [0.2, 0.25) is 6.36 Å². The van der Waals surface area contributed by atoms with E-state index in [0.29, 0.717) is 6.61 Å². The van der Waals surface area contributed by atoms with Crippen molar-refractivity contribution in [1.82, 2.24) is 0 Å². The van der Waals surface area contributed by atoms with Gasteiger partial charge in [-0.1, -0.05) is 37.3 Å². The molecule has 0 aliphatic rings. The highest BCUT2D eigenvalue weighted by atomic mass is 19.1.